The number of nitrogens with zero attached hydrogens (tertiary/aromatic N) is 2. The maximum Gasteiger partial charge on any atom is 0.323 e. The van der Waals surface area contributed by atoms with Gasteiger partial charge in [-0.2, -0.15) is 0 Å². The first kappa shape index (κ1) is 14.9. The van der Waals surface area contributed by atoms with Crippen molar-refractivity contribution in [2.75, 3.05) is 18.1 Å². The molecule has 1 N–H and O–H groups in total. The van der Waals surface area contributed by atoms with E-state index in [0.717, 1.165) is 4.90 Å². The Morgan fingerprint density at radius 3 is 2.70 bits per heavy atom. The van der Waals surface area contributed by atoms with Gasteiger partial charge in [0.15, 0.2) is 9.84 Å². The van der Waals surface area contributed by atoms with Crippen LogP contribution in [0.5, 0.6) is 0 Å². The Bertz CT molecular complexity index is 637. The third-order valence-corrected chi connectivity index (χ3v) is 5.58. The van der Waals surface area contributed by atoms with E-state index in [1.807, 2.05) is 0 Å². The van der Waals surface area contributed by atoms with E-state index in [1.165, 1.54) is 11.3 Å². The SMILES string of the molecule is Cc1nc(C(=O)N(CC(=O)O)C2CCS(=O)(=O)C2)cs1. The number of carboxylic acid groups (broad SMARTS) is 1. The van der Waals surface area contributed by atoms with Gasteiger partial charge in [-0.25, -0.2) is 13.4 Å². The Hall–Kier alpha value is -1.48. The van der Waals surface area contributed by atoms with Crippen LogP contribution >= 0.6 is 11.3 Å². The maximum atomic E-state index is 12.3. The average molecular weight is 318 g/mol. The molecular formula is C11H14N2O5S2. The summed E-state index contributed by atoms with van der Waals surface area (Å²) < 4.78 is 23.0. The molecule has 1 atom stereocenters. The number of aromatic nitrogens is 1. The molecule has 0 spiro atoms. The Balaban J connectivity index is 2.24. The first-order chi connectivity index (χ1) is 9.28. The van der Waals surface area contributed by atoms with Crippen molar-refractivity contribution in [3.8, 4) is 0 Å². The normalized spacial score (nSPS) is 20.8. The Labute approximate surface area is 120 Å². The molecule has 1 aliphatic heterocycles. The van der Waals surface area contributed by atoms with Crippen LogP contribution in [0.2, 0.25) is 0 Å². The molecule has 0 saturated carbocycles. The summed E-state index contributed by atoms with van der Waals surface area (Å²) in [5, 5.41) is 11.2. The van der Waals surface area contributed by atoms with Crippen molar-refractivity contribution in [1.29, 1.82) is 0 Å². The molecule has 1 aromatic heterocycles. The van der Waals surface area contributed by atoms with Crippen LogP contribution in [-0.2, 0) is 14.6 Å². The molecule has 0 radical (unpaired) electrons. The van der Waals surface area contributed by atoms with Crippen molar-refractivity contribution in [1.82, 2.24) is 9.88 Å². The van der Waals surface area contributed by atoms with Crippen molar-refractivity contribution in [3.05, 3.63) is 16.1 Å². The molecule has 0 aliphatic carbocycles. The smallest absolute Gasteiger partial charge is 0.323 e. The fourth-order valence-corrected chi connectivity index (χ4v) is 4.46. The molecule has 0 aromatic carbocycles. The second kappa shape index (κ2) is 5.49. The zero-order valence-corrected chi connectivity index (χ0v) is 12.4. The lowest BCUT2D eigenvalue weighted by atomic mass is 10.2. The maximum absolute atomic E-state index is 12.3. The van der Waals surface area contributed by atoms with Gasteiger partial charge in [-0.3, -0.25) is 9.59 Å². The number of carbonyl (C=O) groups excluding carboxylic acids is 1. The summed E-state index contributed by atoms with van der Waals surface area (Å²) in [4.78, 5) is 28.3. The topological polar surface area (TPSA) is 105 Å². The van der Waals surface area contributed by atoms with E-state index in [-0.39, 0.29) is 23.6 Å². The van der Waals surface area contributed by atoms with E-state index >= 15 is 0 Å². The van der Waals surface area contributed by atoms with E-state index in [4.69, 9.17) is 5.11 Å². The summed E-state index contributed by atoms with van der Waals surface area (Å²) in [6, 6.07) is -0.592. The third-order valence-electron chi connectivity index (χ3n) is 3.05. The summed E-state index contributed by atoms with van der Waals surface area (Å²) >= 11 is 1.29. The van der Waals surface area contributed by atoms with Crippen molar-refractivity contribution in [3.63, 3.8) is 0 Å². The van der Waals surface area contributed by atoms with Crippen LogP contribution < -0.4 is 0 Å². The highest BCUT2D eigenvalue weighted by Gasteiger charge is 2.36. The number of sulfone groups is 1. The second-order valence-corrected chi connectivity index (χ2v) is 7.93. The second-order valence-electron chi connectivity index (χ2n) is 4.64. The lowest BCUT2D eigenvalue weighted by molar-refractivity contribution is -0.138. The molecule has 110 valence electrons. The number of aryl methyl sites for hydroxylation is 1. The van der Waals surface area contributed by atoms with Gasteiger partial charge in [0.1, 0.15) is 12.2 Å². The van der Waals surface area contributed by atoms with E-state index in [2.05, 4.69) is 4.98 Å². The van der Waals surface area contributed by atoms with E-state index in [1.54, 1.807) is 12.3 Å². The number of aliphatic carboxylic acids is 1. The first-order valence-corrected chi connectivity index (χ1v) is 8.64. The highest BCUT2D eigenvalue weighted by molar-refractivity contribution is 7.91. The number of rotatable bonds is 4. The van der Waals surface area contributed by atoms with Gasteiger partial charge in [-0.05, 0) is 13.3 Å². The van der Waals surface area contributed by atoms with Crippen molar-refractivity contribution < 1.29 is 23.1 Å². The fraction of sp³-hybridized carbons (Fsp3) is 0.545. The third kappa shape index (κ3) is 3.34. The number of carboxylic acids is 1. The van der Waals surface area contributed by atoms with Gasteiger partial charge in [-0.15, -0.1) is 11.3 Å². The highest BCUT2D eigenvalue weighted by atomic mass is 32.2. The number of hydrogen-bond acceptors (Lipinski definition) is 6. The van der Waals surface area contributed by atoms with Gasteiger partial charge in [0.2, 0.25) is 0 Å². The van der Waals surface area contributed by atoms with Gasteiger partial charge in [0, 0.05) is 11.4 Å². The molecule has 0 bridgehead atoms. The van der Waals surface area contributed by atoms with Gasteiger partial charge in [0.25, 0.3) is 5.91 Å². The van der Waals surface area contributed by atoms with Gasteiger partial charge in [0.05, 0.1) is 16.5 Å². The lowest BCUT2D eigenvalue weighted by Crippen LogP contribution is -2.44. The average Bonchev–Trinajstić information content (AvgIpc) is 2.91. The molecule has 1 fully saturated rings. The largest absolute Gasteiger partial charge is 0.480 e. The van der Waals surface area contributed by atoms with Crippen molar-refractivity contribution in [2.45, 2.75) is 19.4 Å². The molecule has 1 saturated heterocycles. The van der Waals surface area contributed by atoms with Crippen LogP contribution in [-0.4, -0.2) is 59.4 Å². The Kier molecular flexibility index (Phi) is 4.09. The molecule has 7 nitrogen and oxygen atoms in total. The zero-order chi connectivity index (χ0) is 14.9. The number of carbonyl (C=O) groups is 2. The number of amides is 1. The number of thiazole rings is 1. The molecule has 1 unspecified atom stereocenters. The minimum Gasteiger partial charge on any atom is -0.480 e. The fourth-order valence-electron chi connectivity index (χ4n) is 2.14. The quantitative estimate of drug-likeness (QED) is 0.848. The summed E-state index contributed by atoms with van der Waals surface area (Å²) in [5.74, 6) is -1.90. The first-order valence-electron chi connectivity index (χ1n) is 5.94. The number of hydrogen-bond donors (Lipinski definition) is 1. The summed E-state index contributed by atoms with van der Waals surface area (Å²) in [6.45, 7) is 1.22. The zero-order valence-electron chi connectivity index (χ0n) is 10.8. The van der Waals surface area contributed by atoms with Crippen molar-refractivity contribution in [2.24, 2.45) is 0 Å². The Morgan fingerprint density at radius 2 is 2.25 bits per heavy atom. The minimum atomic E-state index is -3.19. The molecular weight excluding hydrogens is 304 g/mol. The van der Waals surface area contributed by atoms with Crippen molar-refractivity contribution >= 4 is 33.1 Å². The monoisotopic (exact) mass is 318 g/mol. The predicted octanol–water partition coefficient (Wildman–Crippen LogP) is 0.165. The van der Waals surface area contributed by atoms with E-state index in [9.17, 15) is 18.0 Å². The molecule has 1 aromatic rings. The summed E-state index contributed by atoms with van der Waals surface area (Å²) in [7, 11) is -3.19. The predicted molar refractivity (Wildman–Crippen MR) is 72.6 cm³/mol. The van der Waals surface area contributed by atoms with Crippen LogP contribution in [0.25, 0.3) is 0 Å². The van der Waals surface area contributed by atoms with Crippen LogP contribution in [0.15, 0.2) is 5.38 Å². The summed E-state index contributed by atoms with van der Waals surface area (Å²) in [5.41, 5.74) is 0.165. The van der Waals surface area contributed by atoms with Gasteiger partial charge < -0.3 is 10.0 Å². The van der Waals surface area contributed by atoms with Crippen LogP contribution in [0, 0.1) is 6.92 Å². The van der Waals surface area contributed by atoms with Gasteiger partial charge in [-0.1, -0.05) is 0 Å². The van der Waals surface area contributed by atoms with Crippen LogP contribution in [0.4, 0.5) is 0 Å². The van der Waals surface area contributed by atoms with E-state index in [0.29, 0.717) is 5.01 Å². The van der Waals surface area contributed by atoms with E-state index < -0.39 is 34.3 Å². The molecule has 20 heavy (non-hydrogen) atoms. The van der Waals surface area contributed by atoms with Crippen LogP contribution in [0.3, 0.4) is 0 Å². The molecule has 9 heteroatoms. The molecule has 1 aliphatic rings. The molecule has 1 amide bonds. The summed E-state index contributed by atoms with van der Waals surface area (Å²) in [6.07, 6.45) is 0.268. The highest BCUT2D eigenvalue weighted by Crippen LogP contribution is 2.20. The Morgan fingerprint density at radius 1 is 1.55 bits per heavy atom. The standard InChI is InChI=1S/C11H14N2O5S2/c1-7-12-9(5-19-7)11(16)13(4-10(14)15)8-2-3-20(17,18)6-8/h5,8H,2-4,6H2,1H3,(H,14,15). The lowest BCUT2D eigenvalue weighted by Gasteiger charge is -2.25. The minimum absolute atomic E-state index is 0.0167. The molecule has 2 heterocycles. The molecule has 2 rings (SSSR count). The van der Waals surface area contributed by atoms with Gasteiger partial charge >= 0.3 is 5.97 Å². The van der Waals surface area contributed by atoms with Crippen LogP contribution in [0.1, 0.15) is 21.9 Å².